The van der Waals surface area contributed by atoms with Gasteiger partial charge in [0.05, 0.1) is 12.6 Å². The molecule has 0 saturated heterocycles. The smallest absolute Gasteiger partial charge is 0.0626 e. The molecule has 0 aromatic heterocycles. The molecule has 0 radical (unpaired) electrons. The van der Waals surface area contributed by atoms with Crippen LogP contribution in [0.5, 0.6) is 0 Å². The van der Waals surface area contributed by atoms with Gasteiger partial charge in [0, 0.05) is 0 Å². The fourth-order valence-electron chi connectivity index (χ4n) is 1.43. The van der Waals surface area contributed by atoms with E-state index < -0.39 is 0 Å². The normalized spacial score (nSPS) is 12.7. The lowest BCUT2D eigenvalue weighted by Gasteiger charge is -2.16. The average molecular weight is 193 g/mol. The third kappa shape index (κ3) is 3.48. The van der Waals surface area contributed by atoms with Crippen LogP contribution in [0.15, 0.2) is 30.3 Å². The van der Waals surface area contributed by atoms with Gasteiger partial charge in [-0.2, -0.15) is 0 Å². The van der Waals surface area contributed by atoms with E-state index in [1.165, 1.54) is 6.42 Å². The third-order valence-electron chi connectivity index (χ3n) is 2.31. The summed E-state index contributed by atoms with van der Waals surface area (Å²) in [6.07, 6.45) is 2.34. The molecule has 1 aromatic carbocycles. The van der Waals surface area contributed by atoms with E-state index in [9.17, 15) is 5.11 Å². The predicted octanol–water partition coefficient (Wildman–Crippen LogP) is 2.11. The van der Waals surface area contributed by atoms with Crippen LogP contribution in [0.3, 0.4) is 0 Å². The molecule has 0 bridgehead atoms. The van der Waals surface area contributed by atoms with E-state index in [4.69, 9.17) is 0 Å². The predicted molar refractivity (Wildman–Crippen MR) is 59.2 cm³/mol. The van der Waals surface area contributed by atoms with Gasteiger partial charge in [0.15, 0.2) is 0 Å². The number of rotatable bonds is 6. The van der Waals surface area contributed by atoms with Crippen molar-refractivity contribution in [2.24, 2.45) is 0 Å². The van der Waals surface area contributed by atoms with Crippen molar-refractivity contribution < 1.29 is 5.11 Å². The number of unbranched alkanes of at least 4 members (excludes halogenated alkanes) is 1. The maximum absolute atomic E-state index is 9.22. The molecule has 0 amide bonds. The first-order valence-electron chi connectivity index (χ1n) is 5.27. The molecule has 2 nitrogen and oxygen atoms in total. The highest BCUT2D eigenvalue weighted by Crippen LogP contribution is 2.11. The highest BCUT2D eigenvalue weighted by molar-refractivity contribution is 5.18. The second kappa shape index (κ2) is 6.57. The summed E-state index contributed by atoms with van der Waals surface area (Å²) in [5.74, 6) is 0. The van der Waals surface area contributed by atoms with Gasteiger partial charge in [-0.15, -0.1) is 0 Å². The Balaban J connectivity index is 2.46. The van der Waals surface area contributed by atoms with Crippen LogP contribution in [0.25, 0.3) is 0 Å². The number of aliphatic hydroxyl groups excluding tert-OH is 1. The number of hydrogen-bond donors (Lipinski definition) is 2. The molecule has 2 heteroatoms. The molecule has 0 fully saturated rings. The molecule has 0 aliphatic carbocycles. The SMILES string of the molecule is CCCCNC(CO)c1ccccc1. The maximum atomic E-state index is 9.22. The molecule has 0 aliphatic rings. The zero-order valence-corrected chi connectivity index (χ0v) is 8.74. The Labute approximate surface area is 86.0 Å². The summed E-state index contributed by atoms with van der Waals surface area (Å²) in [5.41, 5.74) is 1.16. The van der Waals surface area contributed by atoms with Crippen molar-refractivity contribution >= 4 is 0 Å². The quantitative estimate of drug-likeness (QED) is 0.678. The van der Waals surface area contributed by atoms with Gasteiger partial charge >= 0.3 is 0 Å². The lowest BCUT2D eigenvalue weighted by atomic mass is 10.1. The van der Waals surface area contributed by atoms with Gasteiger partial charge in [0.25, 0.3) is 0 Å². The van der Waals surface area contributed by atoms with E-state index in [-0.39, 0.29) is 12.6 Å². The monoisotopic (exact) mass is 193 g/mol. The van der Waals surface area contributed by atoms with E-state index >= 15 is 0 Å². The average Bonchev–Trinajstić information content (AvgIpc) is 2.26. The molecule has 0 saturated carbocycles. The van der Waals surface area contributed by atoms with Gasteiger partial charge in [0.1, 0.15) is 0 Å². The first-order chi connectivity index (χ1) is 6.88. The van der Waals surface area contributed by atoms with Gasteiger partial charge in [-0.1, -0.05) is 43.7 Å². The molecule has 1 atom stereocenters. The van der Waals surface area contributed by atoms with Gasteiger partial charge < -0.3 is 10.4 Å². The van der Waals surface area contributed by atoms with Gasteiger partial charge in [-0.05, 0) is 18.5 Å². The lowest BCUT2D eigenvalue weighted by molar-refractivity contribution is 0.244. The molecule has 1 rings (SSSR count). The highest BCUT2D eigenvalue weighted by Gasteiger charge is 2.07. The molecule has 78 valence electrons. The largest absolute Gasteiger partial charge is 0.394 e. The Hall–Kier alpha value is -0.860. The highest BCUT2D eigenvalue weighted by atomic mass is 16.3. The fourth-order valence-corrected chi connectivity index (χ4v) is 1.43. The first kappa shape index (κ1) is 11.2. The Morgan fingerprint density at radius 3 is 2.57 bits per heavy atom. The van der Waals surface area contributed by atoms with E-state index in [1.54, 1.807) is 0 Å². The van der Waals surface area contributed by atoms with Crippen LogP contribution < -0.4 is 5.32 Å². The second-order valence-corrected chi connectivity index (χ2v) is 3.45. The van der Waals surface area contributed by atoms with E-state index in [2.05, 4.69) is 12.2 Å². The van der Waals surface area contributed by atoms with Gasteiger partial charge in [-0.3, -0.25) is 0 Å². The van der Waals surface area contributed by atoms with Crippen LogP contribution in [-0.4, -0.2) is 18.3 Å². The molecule has 0 spiro atoms. The number of hydrogen-bond acceptors (Lipinski definition) is 2. The topological polar surface area (TPSA) is 32.3 Å². The maximum Gasteiger partial charge on any atom is 0.0626 e. The molecule has 1 unspecified atom stereocenters. The van der Waals surface area contributed by atoms with Crippen molar-refractivity contribution in [1.82, 2.24) is 5.32 Å². The number of benzene rings is 1. The van der Waals surface area contributed by atoms with E-state index in [0.717, 1.165) is 18.5 Å². The molecule has 0 heterocycles. The Kier molecular flexibility index (Phi) is 5.27. The lowest BCUT2D eigenvalue weighted by Crippen LogP contribution is -2.25. The Morgan fingerprint density at radius 2 is 2.00 bits per heavy atom. The van der Waals surface area contributed by atoms with Crippen LogP contribution in [0, 0.1) is 0 Å². The minimum absolute atomic E-state index is 0.0859. The van der Waals surface area contributed by atoms with Crippen molar-refractivity contribution in [3.8, 4) is 0 Å². The second-order valence-electron chi connectivity index (χ2n) is 3.45. The van der Waals surface area contributed by atoms with Crippen LogP contribution in [-0.2, 0) is 0 Å². The summed E-state index contributed by atoms with van der Waals surface area (Å²) in [4.78, 5) is 0. The van der Waals surface area contributed by atoms with Crippen LogP contribution in [0.4, 0.5) is 0 Å². The van der Waals surface area contributed by atoms with E-state index in [1.807, 2.05) is 30.3 Å². The molecule has 2 N–H and O–H groups in total. The molecular weight excluding hydrogens is 174 g/mol. The molecule has 1 aromatic rings. The molecular formula is C12H19NO. The summed E-state index contributed by atoms with van der Waals surface area (Å²) in [7, 11) is 0. The van der Waals surface area contributed by atoms with Crippen molar-refractivity contribution in [3.63, 3.8) is 0 Å². The van der Waals surface area contributed by atoms with Crippen LogP contribution in [0.2, 0.25) is 0 Å². The summed E-state index contributed by atoms with van der Waals surface area (Å²) in [5, 5.41) is 12.6. The zero-order chi connectivity index (χ0) is 10.2. The summed E-state index contributed by atoms with van der Waals surface area (Å²) >= 11 is 0. The minimum Gasteiger partial charge on any atom is -0.394 e. The van der Waals surface area contributed by atoms with Crippen molar-refractivity contribution in [3.05, 3.63) is 35.9 Å². The number of aliphatic hydroxyl groups is 1. The summed E-state index contributed by atoms with van der Waals surface area (Å²) in [6, 6.07) is 10.2. The van der Waals surface area contributed by atoms with Crippen molar-refractivity contribution in [2.75, 3.05) is 13.2 Å². The summed E-state index contributed by atoms with van der Waals surface area (Å²) < 4.78 is 0. The first-order valence-corrected chi connectivity index (χ1v) is 5.27. The van der Waals surface area contributed by atoms with Crippen molar-refractivity contribution in [1.29, 1.82) is 0 Å². The minimum atomic E-state index is 0.0859. The standard InChI is InChI=1S/C12H19NO/c1-2-3-9-13-12(10-14)11-7-5-4-6-8-11/h4-8,12-14H,2-3,9-10H2,1H3. The van der Waals surface area contributed by atoms with Gasteiger partial charge in [-0.25, -0.2) is 0 Å². The molecule has 0 aliphatic heterocycles. The number of nitrogens with one attached hydrogen (secondary N) is 1. The Bertz CT molecular complexity index is 235. The fraction of sp³-hybridized carbons (Fsp3) is 0.500. The Morgan fingerprint density at radius 1 is 1.29 bits per heavy atom. The van der Waals surface area contributed by atoms with Crippen LogP contribution in [0.1, 0.15) is 31.4 Å². The van der Waals surface area contributed by atoms with Gasteiger partial charge in [0.2, 0.25) is 0 Å². The summed E-state index contributed by atoms with van der Waals surface area (Å²) in [6.45, 7) is 3.29. The van der Waals surface area contributed by atoms with Crippen molar-refractivity contribution in [2.45, 2.75) is 25.8 Å². The van der Waals surface area contributed by atoms with Crippen LogP contribution >= 0.6 is 0 Å². The zero-order valence-electron chi connectivity index (χ0n) is 8.74. The third-order valence-corrected chi connectivity index (χ3v) is 2.31. The van der Waals surface area contributed by atoms with E-state index in [0.29, 0.717) is 0 Å². The molecule has 14 heavy (non-hydrogen) atoms.